The maximum absolute atomic E-state index is 12.3. The number of hydrogen-bond donors (Lipinski definition) is 1. The lowest BCUT2D eigenvalue weighted by Gasteiger charge is -2.19. The first-order valence-corrected chi connectivity index (χ1v) is 12.8. The minimum Gasteiger partial charge on any atom is -0.465 e. The zero-order valence-corrected chi connectivity index (χ0v) is 22.7. The van der Waals surface area contributed by atoms with Crippen molar-refractivity contribution >= 4 is 34.1 Å². The number of methoxy groups -OCH3 is 1. The number of imidazole rings is 1. The average Bonchev–Trinajstić information content (AvgIpc) is 3.30. The fourth-order valence-corrected chi connectivity index (χ4v) is 5.02. The van der Waals surface area contributed by atoms with E-state index in [1.165, 1.54) is 7.11 Å². The highest BCUT2D eigenvalue weighted by molar-refractivity contribution is 5.97. The fourth-order valence-electron chi connectivity index (χ4n) is 5.02. The first-order chi connectivity index (χ1) is 18.7. The number of carbonyl (C=O) groups excluding carboxylic acids is 1. The second kappa shape index (κ2) is 10.2. The van der Waals surface area contributed by atoms with E-state index in [4.69, 9.17) is 9.72 Å². The molecular weight excluding hydrogens is 492 g/mol. The van der Waals surface area contributed by atoms with Crippen molar-refractivity contribution in [2.75, 3.05) is 31.4 Å². The lowest BCUT2D eigenvalue weighted by atomic mass is 9.98. The Morgan fingerprint density at radius 3 is 2.41 bits per heavy atom. The van der Waals surface area contributed by atoms with Crippen LogP contribution in [0.2, 0.25) is 0 Å². The molecule has 4 aromatic carbocycles. The van der Waals surface area contributed by atoms with Gasteiger partial charge in [0.2, 0.25) is 0 Å². The van der Waals surface area contributed by atoms with Gasteiger partial charge >= 0.3 is 5.97 Å². The van der Waals surface area contributed by atoms with Crippen molar-refractivity contribution < 1.29 is 9.53 Å². The summed E-state index contributed by atoms with van der Waals surface area (Å²) in [6.45, 7) is 4.67. The maximum Gasteiger partial charge on any atom is 0.338 e. The predicted octanol–water partition coefficient (Wildman–Crippen LogP) is 4.81. The molecule has 0 spiro atoms. The van der Waals surface area contributed by atoms with E-state index in [0.717, 1.165) is 51.2 Å². The summed E-state index contributed by atoms with van der Waals surface area (Å²) < 4.78 is 7.13. The Morgan fingerprint density at radius 2 is 1.74 bits per heavy atom. The van der Waals surface area contributed by atoms with Crippen LogP contribution in [0.4, 0.5) is 17.1 Å². The molecule has 1 aromatic heterocycles. The molecule has 0 bridgehead atoms. The number of aromatic nitrogens is 2. The number of hydrogen-bond acceptors (Lipinski definition) is 7. The second-order valence-electron chi connectivity index (χ2n) is 9.76. The second-order valence-corrected chi connectivity index (χ2v) is 9.76. The molecule has 0 aliphatic rings. The third-order valence-corrected chi connectivity index (χ3v) is 6.98. The van der Waals surface area contributed by atoms with Gasteiger partial charge in [-0.1, -0.05) is 49.4 Å². The van der Waals surface area contributed by atoms with Crippen LogP contribution in [0.3, 0.4) is 0 Å². The molecule has 5 aromatic rings. The summed E-state index contributed by atoms with van der Waals surface area (Å²) in [6, 6.07) is 19.4. The van der Waals surface area contributed by atoms with Crippen LogP contribution in [0.1, 0.15) is 34.2 Å². The number of aryl methyl sites for hydroxylation is 2. The normalized spacial score (nSPS) is 11.2. The number of benzene rings is 3. The van der Waals surface area contributed by atoms with Crippen molar-refractivity contribution in [1.29, 1.82) is 0 Å². The third kappa shape index (κ3) is 4.58. The minimum atomic E-state index is -0.506. The zero-order chi connectivity index (χ0) is 27.8. The molecule has 1 N–H and O–H groups in total. The van der Waals surface area contributed by atoms with Crippen LogP contribution in [0.25, 0.3) is 22.2 Å². The van der Waals surface area contributed by atoms with Gasteiger partial charge < -0.3 is 19.5 Å². The van der Waals surface area contributed by atoms with Crippen molar-refractivity contribution in [2.24, 2.45) is 0 Å². The summed E-state index contributed by atoms with van der Waals surface area (Å²) in [7, 11) is 4.88. The van der Waals surface area contributed by atoms with E-state index in [1.807, 2.05) is 49.4 Å². The number of nitrogens with one attached hydrogen (secondary N) is 1. The summed E-state index contributed by atoms with van der Waals surface area (Å²) >= 11 is 0. The number of nitrogens with zero attached hydrogens (tertiary/aromatic N) is 3. The molecular formula is C31H30N4O4. The Labute approximate surface area is 226 Å². The summed E-state index contributed by atoms with van der Waals surface area (Å²) in [5.74, 6) is 0.585. The number of rotatable bonds is 8. The molecule has 1 heterocycles. The van der Waals surface area contributed by atoms with Gasteiger partial charge in [0.05, 0.1) is 23.7 Å². The van der Waals surface area contributed by atoms with Crippen LogP contribution < -0.4 is 21.1 Å². The van der Waals surface area contributed by atoms with Crippen molar-refractivity contribution in [2.45, 2.75) is 26.8 Å². The molecule has 0 radical (unpaired) electrons. The van der Waals surface area contributed by atoms with Crippen molar-refractivity contribution in [3.63, 3.8) is 0 Å². The Balaban J connectivity index is 1.50. The van der Waals surface area contributed by atoms with Gasteiger partial charge in [-0.05, 0) is 47.4 Å². The summed E-state index contributed by atoms with van der Waals surface area (Å²) in [5.41, 5.74) is 6.62. The average molecular weight is 523 g/mol. The Hall–Kier alpha value is -4.72. The monoisotopic (exact) mass is 522 g/mol. The highest BCUT2D eigenvalue weighted by Crippen LogP contribution is 2.30. The lowest BCUT2D eigenvalue weighted by Crippen LogP contribution is -2.39. The molecule has 0 aliphatic heterocycles. The fraction of sp³-hybridized carbons (Fsp3) is 0.226. The van der Waals surface area contributed by atoms with Gasteiger partial charge in [-0.3, -0.25) is 9.59 Å². The topological polar surface area (TPSA) is 93.5 Å². The van der Waals surface area contributed by atoms with E-state index >= 15 is 0 Å². The molecule has 198 valence electrons. The Kier molecular flexibility index (Phi) is 6.78. The van der Waals surface area contributed by atoms with E-state index in [9.17, 15) is 14.4 Å². The van der Waals surface area contributed by atoms with E-state index < -0.39 is 10.9 Å². The van der Waals surface area contributed by atoms with Crippen LogP contribution >= 0.6 is 0 Å². The maximum atomic E-state index is 12.3. The molecule has 0 atom stereocenters. The van der Waals surface area contributed by atoms with Gasteiger partial charge in [0.15, 0.2) is 0 Å². The predicted molar refractivity (Wildman–Crippen MR) is 155 cm³/mol. The van der Waals surface area contributed by atoms with Crippen LogP contribution in [-0.2, 0) is 17.7 Å². The first kappa shape index (κ1) is 25.9. The molecule has 39 heavy (non-hydrogen) atoms. The van der Waals surface area contributed by atoms with Crippen molar-refractivity contribution in [3.8, 4) is 11.1 Å². The molecule has 0 saturated carbocycles. The quantitative estimate of drug-likeness (QED) is 0.231. The molecule has 0 saturated heterocycles. The SMILES string of the molecule is CCc1nc2c(C)cc(Nc3c(N(C)C)c(=O)c3=O)cc2n1Cc1ccc(-c2ccccc2C(=O)OC)cc1. The van der Waals surface area contributed by atoms with Gasteiger partial charge in [-0.2, -0.15) is 0 Å². The van der Waals surface area contributed by atoms with E-state index in [2.05, 4.69) is 28.9 Å². The third-order valence-electron chi connectivity index (χ3n) is 6.98. The minimum absolute atomic E-state index is 0.313. The smallest absolute Gasteiger partial charge is 0.338 e. The van der Waals surface area contributed by atoms with E-state index in [1.54, 1.807) is 25.1 Å². The first-order valence-electron chi connectivity index (χ1n) is 12.8. The van der Waals surface area contributed by atoms with Crippen LogP contribution in [0, 0.1) is 6.92 Å². The molecule has 0 aliphatic carbocycles. The number of esters is 1. The van der Waals surface area contributed by atoms with Crippen LogP contribution in [0.5, 0.6) is 0 Å². The molecule has 0 amide bonds. The van der Waals surface area contributed by atoms with Gasteiger partial charge in [0.1, 0.15) is 17.2 Å². The summed E-state index contributed by atoms with van der Waals surface area (Å²) in [6.07, 6.45) is 0.754. The molecule has 8 heteroatoms. The van der Waals surface area contributed by atoms with Gasteiger partial charge in [0, 0.05) is 32.7 Å². The highest BCUT2D eigenvalue weighted by atomic mass is 16.5. The van der Waals surface area contributed by atoms with E-state index in [-0.39, 0.29) is 5.97 Å². The zero-order valence-electron chi connectivity index (χ0n) is 22.7. The molecule has 5 rings (SSSR count). The standard InChI is InChI=1S/C31H30N4O4/c1-6-25-33-26-18(2)15-21(32-27-28(34(3)4)30(37)29(27)36)16-24(26)35(25)17-19-11-13-20(14-12-19)22-9-7-8-10-23(22)31(38)39-5/h7-16,32H,6,17H2,1-5H3. The Morgan fingerprint density at radius 1 is 1.03 bits per heavy atom. The molecule has 0 fully saturated rings. The van der Waals surface area contributed by atoms with E-state index in [0.29, 0.717) is 23.5 Å². The van der Waals surface area contributed by atoms with Crippen LogP contribution in [0.15, 0.2) is 70.3 Å². The number of carbonyl (C=O) groups is 1. The molecule has 0 unspecified atom stereocenters. The van der Waals surface area contributed by atoms with Crippen LogP contribution in [-0.4, -0.2) is 36.7 Å². The largest absolute Gasteiger partial charge is 0.465 e. The van der Waals surface area contributed by atoms with Crippen molar-refractivity contribution in [3.05, 3.63) is 104 Å². The molecule has 8 nitrogen and oxygen atoms in total. The number of anilines is 3. The summed E-state index contributed by atoms with van der Waals surface area (Å²) in [4.78, 5) is 43.1. The number of ether oxygens (including phenoxy) is 1. The van der Waals surface area contributed by atoms with Crippen molar-refractivity contribution in [1.82, 2.24) is 9.55 Å². The van der Waals surface area contributed by atoms with Gasteiger partial charge in [0.25, 0.3) is 10.9 Å². The van der Waals surface area contributed by atoms with Gasteiger partial charge in [-0.25, -0.2) is 9.78 Å². The Bertz CT molecular complexity index is 1770. The highest BCUT2D eigenvalue weighted by Gasteiger charge is 2.23. The summed E-state index contributed by atoms with van der Waals surface area (Å²) in [5, 5.41) is 3.17. The van der Waals surface area contributed by atoms with Gasteiger partial charge in [-0.15, -0.1) is 0 Å². The lowest BCUT2D eigenvalue weighted by molar-refractivity contribution is 0.0601. The number of fused-ring (bicyclic) bond motifs is 1.